The minimum atomic E-state index is -3.13. The van der Waals surface area contributed by atoms with Crippen LogP contribution in [0.15, 0.2) is 0 Å². The minimum Gasteiger partial charge on any atom is -0.212 e. The van der Waals surface area contributed by atoms with Crippen LogP contribution < -0.4 is 4.72 Å². The molecule has 0 aliphatic heterocycles. The lowest BCUT2D eigenvalue weighted by Crippen LogP contribution is -2.38. The van der Waals surface area contributed by atoms with Crippen LogP contribution in [0.4, 0.5) is 0 Å². The van der Waals surface area contributed by atoms with E-state index in [1.807, 2.05) is 27.7 Å². The van der Waals surface area contributed by atoms with E-state index >= 15 is 0 Å². The molecular weight excluding hydrogens is 254 g/mol. The molecule has 0 aromatic carbocycles. The maximum Gasteiger partial charge on any atom is 0.212 e. The van der Waals surface area contributed by atoms with Crippen molar-refractivity contribution >= 4 is 26.0 Å². The summed E-state index contributed by atoms with van der Waals surface area (Å²) in [5.74, 6) is 0.164. The first kappa shape index (κ1) is 13.4. The second-order valence-corrected chi connectivity index (χ2v) is 6.89. The summed E-state index contributed by atoms with van der Waals surface area (Å²) in [5, 5.41) is 0.635. The molecule has 1 N–H and O–H groups in total. The zero-order valence-corrected chi connectivity index (χ0v) is 11.0. The molecule has 0 saturated carbocycles. The number of alkyl halides is 1. The molecule has 0 aromatic heterocycles. The zero-order chi connectivity index (χ0) is 10.7. The maximum absolute atomic E-state index is 11.5. The molecule has 0 aromatic rings. The van der Waals surface area contributed by atoms with E-state index in [4.69, 9.17) is 0 Å². The van der Waals surface area contributed by atoms with Crippen molar-refractivity contribution in [3.63, 3.8) is 0 Å². The van der Waals surface area contributed by atoms with Gasteiger partial charge in [0.1, 0.15) is 0 Å². The second kappa shape index (κ2) is 4.75. The van der Waals surface area contributed by atoms with Gasteiger partial charge >= 0.3 is 0 Å². The molecule has 0 heterocycles. The Labute approximate surface area is 89.5 Å². The third-order valence-corrected chi connectivity index (χ3v) is 4.21. The average molecular weight is 272 g/mol. The van der Waals surface area contributed by atoms with Gasteiger partial charge in [-0.05, 0) is 12.3 Å². The predicted octanol–water partition coefficient (Wildman–Crippen LogP) is 1.74. The van der Waals surface area contributed by atoms with Gasteiger partial charge in [0.05, 0.1) is 5.75 Å². The topological polar surface area (TPSA) is 46.2 Å². The molecule has 0 aliphatic rings. The number of sulfonamides is 1. The Balaban J connectivity index is 4.27. The van der Waals surface area contributed by atoms with Crippen molar-refractivity contribution in [1.82, 2.24) is 4.72 Å². The highest BCUT2D eigenvalue weighted by Gasteiger charge is 2.22. The first-order valence-electron chi connectivity index (χ1n) is 4.22. The van der Waals surface area contributed by atoms with Gasteiger partial charge in [0.15, 0.2) is 0 Å². The van der Waals surface area contributed by atoms with Crippen molar-refractivity contribution in [3.05, 3.63) is 0 Å². The predicted molar refractivity (Wildman–Crippen MR) is 59.6 cm³/mol. The molecule has 0 spiro atoms. The van der Waals surface area contributed by atoms with Gasteiger partial charge in [-0.15, -0.1) is 0 Å². The highest BCUT2D eigenvalue weighted by molar-refractivity contribution is 9.09. The van der Waals surface area contributed by atoms with Gasteiger partial charge in [-0.2, -0.15) is 0 Å². The van der Waals surface area contributed by atoms with Gasteiger partial charge in [-0.1, -0.05) is 36.7 Å². The fourth-order valence-electron chi connectivity index (χ4n) is 0.950. The number of hydrogen-bond acceptors (Lipinski definition) is 2. The molecule has 0 amide bonds. The van der Waals surface area contributed by atoms with Gasteiger partial charge in [0.2, 0.25) is 10.0 Å². The Morgan fingerprint density at radius 2 is 1.85 bits per heavy atom. The maximum atomic E-state index is 11.5. The summed E-state index contributed by atoms with van der Waals surface area (Å²) in [7, 11) is -3.13. The fraction of sp³-hybridized carbons (Fsp3) is 1.00. The largest absolute Gasteiger partial charge is 0.212 e. The number of nitrogens with one attached hydrogen (secondary N) is 1. The van der Waals surface area contributed by atoms with E-state index < -0.39 is 10.0 Å². The SMILES string of the molecule is CC(CBr)NS(=O)(=O)CC(C)(C)C. The van der Waals surface area contributed by atoms with Crippen LogP contribution in [0.1, 0.15) is 27.7 Å². The summed E-state index contributed by atoms with van der Waals surface area (Å²) in [4.78, 5) is 0. The molecule has 80 valence electrons. The smallest absolute Gasteiger partial charge is 0.212 e. The molecular formula is C8H18BrNO2S. The summed E-state index contributed by atoms with van der Waals surface area (Å²) in [6.07, 6.45) is 0. The highest BCUT2D eigenvalue weighted by Crippen LogP contribution is 2.15. The van der Waals surface area contributed by atoms with E-state index in [0.29, 0.717) is 5.33 Å². The molecule has 0 aliphatic carbocycles. The van der Waals surface area contributed by atoms with Crippen molar-refractivity contribution in [2.24, 2.45) is 5.41 Å². The van der Waals surface area contributed by atoms with Gasteiger partial charge in [-0.3, -0.25) is 0 Å². The Bertz CT molecular complexity index is 243. The molecule has 1 atom stereocenters. The van der Waals surface area contributed by atoms with E-state index in [-0.39, 0.29) is 17.2 Å². The van der Waals surface area contributed by atoms with E-state index in [1.165, 1.54) is 0 Å². The van der Waals surface area contributed by atoms with Gasteiger partial charge in [0, 0.05) is 11.4 Å². The third kappa shape index (κ3) is 7.46. The number of hydrogen-bond donors (Lipinski definition) is 1. The van der Waals surface area contributed by atoms with Crippen LogP contribution in [-0.4, -0.2) is 25.5 Å². The second-order valence-electron chi connectivity index (χ2n) is 4.49. The normalized spacial score (nSPS) is 15.8. The fourth-order valence-corrected chi connectivity index (χ4v) is 3.25. The lowest BCUT2D eigenvalue weighted by molar-refractivity contribution is 0.456. The van der Waals surface area contributed by atoms with E-state index in [2.05, 4.69) is 20.7 Å². The number of halogens is 1. The van der Waals surface area contributed by atoms with E-state index in [0.717, 1.165) is 0 Å². The Morgan fingerprint density at radius 1 is 1.38 bits per heavy atom. The van der Waals surface area contributed by atoms with Crippen LogP contribution >= 0.6 is 15.9 Å². The monoisotopic (exact) mass is 271 g/mol. The highest BCUT2D eigenvalue weighted by atomic mass is 79.9. The quantitative estimate of drug-likeness (QED) is 0.792. The van der Waals surface area contributed by atoms with Crippen molar-refractivity contribution in [3.8, 4) is 0 Å². The number of rotatable bonds is 4. The summed E-state index contributed by atoms with van der Waals surface area (Å²) < 4.78 is 25.6. The summed E-state index contributed by atoms with van der Waals surface area (Å²) in [5.41, 5.74) is -0.197. The average Bonchev–Trinajstić information content (AvgIpc) is 1.80. The summed E-state index contributed by atoms with van der Waals surface area (Å²) in [6.45, 7) is 7.55. The van der Waals surface area contributed by atoms with Crippen molar-refractivity contribution < 1.29 is 8.42 Å². The van der Waals surface area contributed by atoms with Crippen molar-refractivity contribution in [2.75, 3.05) is 11.1 Å². The van der Waals surface area contributed by atoms with Crippen LogP contribution in [0.25, 0.3) is 0 Å². The Morgan fingerprint density at radius 3 is 2.15 bits per heavy atom. The first-order chi connectivity index (χ1) is 5.66. The third-order valence-electron chi connectivity index (χ3n) is 1.24. The minimum absolute atomic E-state index is 0.0488. The standard InChI is InChI=1S/C8H18BrNO2S/c1-7(5-9)10-13(11,12)6-8(2,3)4/h7,10H,5-6H2,1-4H3. The van der Waals surface area contributed by atoms with Gasteiger partial charge < -0.3 is 0 Å². The lowest BCUT2D eigenvalue weighted by atomic mass is 10.0. The van der Waals surface area contributed by atoms with Crippen molar-refractivity contribution in [2.45, 2.75) is 33.7 Å². The molecule has 0 bridgehead atoms. The van der Waals surface area contributed by atoms with Crippen LogP contribution in [0, 0.1) is 5.41 Å². The van der Waals surface area contributed by atoms with E-state index in [1.54, 1.807) is 0 Å². The molecule has 0 fully saturated rings. The molecule has 1 unspecified atom stereocenters. The molecule has 3 nitrogen and oxygen atoms in total. The first-order valence-corrected chi connectivity index (χ1v) is 6.99. The Hall–Kier alpha value is 0.390. The van der Waals surface area contributed by atoms with Crippen LogP contribution in [0.3, 0.4) is 0 Å². The van der Waals surface area contributed by atoms with Gasteiger partial charge in [-0.25, -0.2) is 13.1 Å². The Kier molecular flexibility index (Phi) is 4.90. The molecule has 0 rings (SSSR count). The van der Waals surface area contributed by atoms with Crippen LogP contribution in [0.2, 0.25) is 0 Å². The van der Waals surface area contributed by atoms with E-state index in [9.17, 15) is 8.42 Å². The molecule has 0 saturated heterocycles. The molecule has 0 radical (unpaired) electrons. The summed E-state index contributed by atoms with van der Waals surface area (Å²) >= 11 is 3.22. The van der Waals surface area contributed by atoms with Gasteiger partial charge in [0.25, 0.3) is 0 Å². The van der Waals surface area contributed by atoms with Crippen LogP contribution in [0.5, 0.6) is 0 Å². The van der Waals surface area contributed by atoms with Crippen molar-refractivity contribution in [1.29, 1.82) is 0 Å². The molecule has 5 heteroatoms. The zero-order valence-electron chi connectivity index (χ0n) is 8.59. The summed E-state index contributed by atoms with van der Waals surface area (Å²) in [6, 6.07) is -0.0488. The lowest BCUT2D eigenvalue weighted by Gasteiger charge is -2.20. The van der Waals surface area contributed by atoms with Crippen LogP contribution in [-0.2, 0) is 10.0 Å². The molecule has 13 heavy (non-hydrogen) atoms.